The smallest absolute Gasteiger partial charge is 0.0317 e. The lowest BCUT2D eigenvalue weighted by atomic mass is 10.0. The summed E-state index contributed by atoms with van der Waals surface area (Å²) in [5.74, 6) is 1.03. The molecule has 1 aliphatic rings. The number of hydrogen-bond donors (Lipinski definition) is 1. The minimum absolute atomic E-state index is 0.541. The Morgan fingerprint density at radius 1 is 1.18 bits per heavy atom. The number of rotatable bonds is 7. The van der Waals surface area contributed by atoms with Crippen LogP contribution in [0.3, 0.4) is 0 Å². The molecule has 2 rings (SSSR count). The van der Waals surface area contributed by atoms with E-state index in [1.54, 1.807) is 0 Å². The van der Waals surface area contributed by atoms with Crippen LogP contribution in [0.4, 0.5) is 0 Å². The molecule has 1 N–H and O–H groups in total. The van der Waals surface area contributed by atoms with Gasteiger partial charge in [0.05, 0.1) is 0 Å². The monoisotopic (exact) mass is 231 g/mol. The molecule has 0 heterocycles. The summed E-state index contributed by atoms with van der Waals surface area (Å²) in [7, 11) is 0. The maximum atomic E-state index is 3.69. The maximum Gasteiger partial charge on any atom is 0.0317 e. The van der Waals surface area contributed by atoms with Gasteiger partial charge in [0.1, 0.15) is 0 Å². The topological polar surface area (TPSA) is 12.0 Å². The first-order valence-electron chi connectivity index (χ1n) is 7.15. The van der Waals surface area contributed by atoms with Crippen LogP contribution in [0.2, 0.25) is 0 Å². The van der Waals surface area contributed by atoms with Gasteiger partial charge in [0.15, 0.2) is 0 Å². The molecule has 0 amide bonds. The van der Waals surface area contributed by atoms with Crippen molar-refractivity contribution in [1.29, 1.82) is 0 Å². The molecule has 0 aliphatic heterocycles. The van der Waals surface area contributed by atoms with Crippen molar-refractivity contribution in [3.05, 3.63) is 35.4 Å². The van der Waals surface area contributed by atoms with E-state index < -0.39 is 0 Å². The average molecular weight is 231 g/mol. The Morgan fingerprint density at radius 2 is 1.88 bits per heavy atom. The minimum Gasteiger partial charge on any atom is -0.310 e. The Bertz CT molecular complexity index is 324. The highest BCUT2D eigenvalue weighted by Gasteiger charge is 2.20. The zero-order valence-corrected chi connectivity index (χ0v) is 11.2. The highest BCUT2D eigenvalue weighted by Crippen LogP contribution is 2.32. The second-order valence-corrected chi connectivity index (χ2v) is 5.24. The average Bonchev–Trinajstić information content (AvgIpc) is 3.19. The molecular weight excluding hydrogens is 206 g/mol. The summed E-state index contributed by atoms with van der Waals surface area (Å²) in [6.07, 6.45) is 6.60. The largest absolute Gasteiger partial charge is 0.310 e. The van der Waals surface area contributed by atoms with Gasteiger partial charge in [0.25, 0.3) is 0 Å². The van der Waals surface area contributed by atoms with Gasteiger partial charge >= 0.3 is 0 Å². The zero-order chi connectivity index (χ0) is 12.1. The van der Waals surface area contributed by atoms with Crippen molar-refractivity contribution in [2.75, 3.05) is 6.54 Å². The number of aryl methyl sites for hydroxylation is 1. The van der Waals surface area contributed by atoms with Crippen LogP contribution in [0.5, 0.6) is 0 Å². The summed E-state index contributed by atoms with van der Waals surface area (Å²) < 4.78 is 0. The molecule has 1 nitrogen and oxygen atoms in total. The Hall–Kier alpha value is -0.820. The van der Waals surface area contributed by atoms with Crippen LogP contribution in [0.15, 0.2) is 24.3 Å². The van der Waals surface area contributed by atoms with Gasteiger partial charge in [0.2, 0.25) is 0 Å². The molecule has 1 saturated carbocycles. The molecule has 0 saturated heterocycles. The van der Waals surface area contributed by atoms with Gasteiger partial charge < -0.3 is 5.32 Å². The first-order valence-corrected chi connectivity index (χ1v) is 7.15. The predicted molar refractivity (Wildman–Crippen MR) is 74.2 cm³/mol. The van der Waals surface area contributed by atoms with Crippen molar-refractivity contribution in [3.8, 4) is 0 Å². The first kappa shape index (κ1) is 12.6. The van der Waals surface area contributed by atoms with Crippen LogP contribution in [0.25, 0.3) is 0 Å². The Balaban J connectivity index is 1.85. The van der Waals surface area contributed by atoms with E-state index in [1.807, 2.05) is 0 Å². The molecule has 0 spiro atoms. The van der Waals surface area contributed by atoms with Crippen LogP contribution in [-0.4, -0.2) is 6.54 Å². The predicted octanol–water partition coefficient (Wildman–Crippen LogP) is 4.09. The number of hydrogen-bond acceptors (Lipinski definition) is 1. The van der Waals surface area contributed by atoms with Crippen molar-refractivity contribution in [2.45, 2.75) is 52.0 Å². The zero-order valence-electron chi connectivity index (χ0n) is 11.2. The molecule has 1 atom stereocenters. The van der Waals surface area contributed by atoms with Crippen LogP contribution in [-0.2, 0) is 6.42 Å². The van der Waals surface area contributed by atoms with E-state index in [0.29, 0.717) is 6.04 Å². The van der Waals surface area contributed by atoms with E-state index in [2.05, 4.69) is 43.4 Å². The first-order chi connectivity index (χ1) is 8.33. The molecule has 17 heavy (non-hydrogen) atoms. The molecular formula is C16H25N. The Kier molecular flexibility index (Phi) is 4.61. The second kappa shape index (κ2) is 6.20. The van der Waals surface area contributed by atoms with Gasteiger partial charge in [-0.3, -0.25) is 0 Å². The summed E-state index contributed by atoms with van der Waals surface area (Å²) in [5, 5.41) is 3.69. The van der Waals surface area contributed by atoms with Crippen molar-refractivity contribution >= 4 is 0 Å². The fourth-order valence-corrected chi connectivity index (χ4v) is 2.35. The van der Waals surface area contributed by atoms with E-state index in [0.717, 1.165) is 12.3 Å². The highest BCUT2D eigenvalue weighted by atomic mass is 14.9. The van der Waals surface area contributed by atoms with Crippen molar-refractivity contribution in [3.63, 3.8) is 0 Å². The van der Waals surface area contributed by atoms with E-state index in [9.17, 15) is 0 Å². The van der Waals surface area contributed by atoms with Gasteiger partial charge in [-0.15, -0.1) is 0 Å². The molecule has 1 heteroatoms. The molecule has 0 bridgehead atoms. The maximum absolute atomic E-state index is 3.69. The third kappa shape index (κ3) is 3.85. The second-order valence-electron chi connectivity index (χ2n) is 5.24. The molecule has 1 aromatic carbocycles. The summed E-state index contributed by atoms with van der Waals surface area (Å²) in [5.41, 5.74) is 2.88. The number of benzene rings is 1. The summed E-state index contributed by atoms with van der Waals surface area (Å²) in [6.45, 7) is 5.65. The molecule has 94 valence electrons. The highest BCUT2D eigenvalue weighted by molar-refractivity contribution is 5.25. The van der Waals surface area contributed by atoms with Crippen molar-refractivity contribution in [2.24, 2.45) is 5.92 Å². The third-order valence-corrected chi connectivity index (χ3v) is 3.84. The van der Waals surface area contributed by atoms with Gasteiger partial charge in [-0.2, -0.15) is 0 Å². The summed E-state index contributed by atoms with van der Waals surface area (Å²) in [6, 6.07) is 9.65. The summed E-state index contributed by atoms with van der Waals surface area (Å²) >= 11 is 0. The van der Waals surface area contributed by atoms with E-state index in [-0.39, 0.29) is 0 Å². The van der Waals surface area contributed by atoms with E-state index >= 15 is 0 Å². The van der Waals surface area contributed by atoms with Gasteiger partial charge in [-0.05, 0) is 42.9 Å². The van der Waals surface area contributed by atoms with Crippen molar-refractivity contribution in [1.82, 2.24) is 5.32 Å². The van der Waals surface area contributed by atoms with Crippen molar-refractivity contribution < 1.29 is 0 Å². The molecule has 1 aliphatic carbocycles. The molecule has 1 aromatic rings. The Morgan fingerprint density at radius 3 is 2.41 bits per heavy atom. The van der Waals surface area contributed by atoms with Crippen LogP contribution in [0, 0.1) is 5.92 Å². The van der Waals surface area contributed by atoms with E-state index in [1.165, 1.54) is 43.4 Å². The third-order valence-electron chi connectivity index (χ3n) is 3.84. The van der Waals surface area contributed by atoms with Crippen LogP contribution in [0.1, 0.15) is 56.7 Å². The molecule has 0 radical (unpaired) electrons. The molecule has 0 aromatic heterocycles. The molecule has 1 unspecified atom stereocenters. The SMILES string of the molecule is CCc1ccc(C(CC)NCCC2CC2)cc1. The quantitative estimate of drug-likeness (QED) is 0.745. The lowest BCUT2D eigenvalue weighted by Gasteiger charge is -2.17. The van der Waals surface area contributed by atoms with Gasteiger partial charge in [-0.25, -0.2) is 0 Å². The van der Waals surface area contributed by atoms with Crippen LogP contribution < -0.4 is 5.32 Å². The normalized spacial score (nSPS) is 17.1. The standard InChI is InChI=1S/C16H25N/c1-3-13-7-9-15(10-8-13)16(4-2)17-12-11-14-5-6-14/h7-10,14,16-17H,3-6,11-12H2,1-2H3. The van der Waals surface area contributed by atoms with E-state index in [4.69, 9.17) is 0 Å². The van der Waals surface area contributed by atoms with Gasteiger partial charge in [0, 0.05) is 6.04 Å². The van der Waals surface area contributed by atoms with Gasteiger partial charge in [-0.1, -0.05) is 51.0 Å². The Labute approximate surface area is 106 Å². The lowest BCUT2D eigenvalue weighted by molar-refractivity contribution is 0.498. The fourth-order valence-electron chi connectivity index (χ4n) is 2.35. The van der Waals surface area contributed by atoms with Crippen LogP contribution >= 0.6 is 0 Å². The molecule has 1 fully saturated rings. The lowest BCUT2D eigenvalue weighted by Crippen LogP contribution is -2.22. The fraction of sp³-hybridized carbons (Fsp3) is 0.625. The summed E-state index contributed by atoms with van der Waals surface area (Å²) in [4.78, 5) is 0. The minimum atomic E-state index is 0.541. The number of nitrogens with one attached hydrogen (secondary N) is 1.